The van der Waals surface area contributed by atoms with Crippen LogP contribution in [0.15, 0.2) is 48.5 Å². The first-order chi connectivity index (χ1) is 12.4. The van der Waals surface area contributed by atoms with Crippen molar-refractivity contribution in [2.24, 2.45) is 0 Å². The van der Waals surface area contributed by atoms with Gasteiger partial charge in [0.05, 0.1) is 18.5 Å². The first kappa shape index (κ1) is 20.0. The van der Waals surface area contributed by atoms with Crippen LogP contribution in [-0.2, 0) is 4.79 Å². The Hall–Kier alpha value is -2.35. The molecular formula is C21H24ClN3O. The second-order valence-electron chi connectivity index (χ2n) is 6.37. The molecule has 136 valence electrons. The van der Waals surface area contributed by atoms with Gasteiger partial charge in [0.1, 0.15) is 0 Å². The minimum absolute atomic E-state index is 0.0667. The summed E-state index contributed by atoms with van der Waals surface area (Å²) in [7, 11) is 0. The number of rotatable bonds is 7. The maximum absolute atomic E-state index is 13.0. The molecule has 1 N–H and O–H groups in total. The van der Waals surface area contributed by atoms with E-state index in [-0.39, 0.29) is 18.4 Å². The third-order valence-electron chi connectivity index (χ3n) is 4.30. The lowest BCUT2D eigenvalue weighted by Gasteiger charge is -2.28. The summed E-state index contributed by atoms with van der Waals surface area (Å²) in [5.41, 5.74) is 2.88. The van der Waals surface area contributed by atoms with Gasteiger partial charge in [0, 0.05) is 23.3 Å². The summed E-state index contributed by atoms with van der Waals surface area (Å²) >= 11 is 6.25. The Balaban J connectivity index is 2.15. The van der Waals surface area contributed by atoms with Crippen molar-refractivity contribution in [2.45, 2.75) is 39.3 Å². The molecule has 0 aromatic heterocycles. The highest BCUT2D eigenvalue weighted by molar-refractivity contribution is 6.31. The molecule has 0 spiro atoms. The summed E-state index contributed by atoms with van der Waals surface area (Å²) in [5, 5.41) is 12.9. The van der Waals surface area contributed by atoms with Gasteiger partial charge in [0.25, 0.3) is 0 Å². The summed E-state index contributed by atoms with van der Waals surface area (Å²) in [5.74, 6) is -0.0667. The minimum atomic E-state index is -0.415. The Kier molecular flexibility index (Phi) is 7.20. The Labute approximate surface area is 160 Å². The Morgan fingerprint density at radius 3 is 2.46 bits per heavy atom. The molecule has 0 bridgehead atoms. The zero-order valence-corrected chi connectivity index (χ0v) is 16.1. The number of nitrogens with zero attached hydrogens (tertiary/aromatic N) is 2. The van der Waals surface area contributed by atoms with E-state index in [0.29, 0.717) is 11.6 Å². The summed E-state index contributed by atoms with van der Waals surface area (Å²) in [6.07, 6.45) is 0.284. The lowest BCUT2D eigenvalue weighted by molar-refractivity contribution is -0.120. The smallest absolute Gasteiger partial charge is 0.243 e. The van der Waals surface area contributed by atoms with Crippen LogP contribution in [0.25, 0.3) is 0 Å². The molecular weight excluding hydrogens is 346 g/mol. The predicted molar refractivity (Wildman–Crippen MR) is 106 cm³/mol. The van der Waals surface area contributed by atoms with E-state index < -0.39 is 6.04 Å². The zero-order chi connectivity index (χ0) is 19.1. The molecule has 1 amide bonds. The van der Waals surface area contributed by atoms with Crippen LogP contribution in [0.1, 0.15) is 37.4 Å². The number of hydrogen-bond acceptors (Lipinski definition) is 3. The summed E-state index contributed by atoms with van der Waals surface area (Å²) in [4.78, 5) is 14.7. The van der Waals surface area contributed by atoms with Gasteiger partial charge in [-0.1, -0.05) is 47.5 Å². The van der Waals surface area contributed by atoms with E-state index in [1.165, 1.54) is 0 Å². The minimum Gasteiger partial charge on any atom is -0.310 e. The topological polar surface area (TPSA) is 56.1 Å². The highest BCUT2D eigenvalue weighted by Gasteiger charge is 2.23. The molecule has 2 aromatic rings. The van der Waals surface area contributed by atoms with Gasteiger partial charge in [0.2, 0.25) is 5.91 Å². The fourth-order valence-corrected chi connectivity index (χ4v) is 3.15. The fraction of sp³-hybridized carbons (Fsp3) is 0.333. The second kappa shape index (κ2) is 9.38. The highest BCUT2D eigenvalue weighted by Crippen LogP contribution is 2.23. The lowest BCUT2D eigenvalue weighted by atomic mass is 10.1. The fourth-order valence-electron chi connectivity index (χ4n) is 2.85. The van der Waals surface area contributed by atoms with Crippen LogP contribution in [0.4, 0.5) is 5.69 Å². The first-order valence-corrected chi connectivity index (χ1v) is 9.07. The van der Waals surface area contributed by atoms with E-state index in [1.807, 2.05) is 69.3 Å². The van der Waals surface area contributed by atoms with E-state index >= 15 is 0 Å². The largest absolute Gasteiger partial charge is 0.310 e. The molecule has 2 rings (SSSR count). The van der Waals surface area contributed by atoms with Crippen molar-refractivity contribution in [2.75, 3.05) is 11.4 Å². The zero-order valence-electron chi connectivity index (χ0n) is 15.4. The Morgan fingerprint density at radius 2 is 1.85 bits per heavy atom. The van der Waals surface area contributed by atoms with Crippen LogP contribution in [0.2, 0.25) is 5.02 Å². The van der Waals surface area contributed by atoms with Crippen molar-refractivity contribution in [3.8, 4) is 6.07 Å². The molecule has 0 heterocycles. The Morgan fingerprint density at radius 1 is 1.19 bits per heavy atom. The molecule has 0 radical (unpaired) electrons. The molecule has 0 aliphatic heterocycles. The van der Waals surface area contributed by atoms with Crippen LogP contribution in [0.5, 0.6) is 0 Å². The molecule has 4 nitrogen and oxygen atoms in total. The molecule has 0 aliphatic carbocycles. The van der Waals surface area contributed by atoms with Crippen molar-refractivity contribution in [3.63, 3.8) is 0 Å². The molecule has 2 unspecified atom stereocenters. The van der Waals surface area contributed by atoms with Gasteiger partial charge in [0.15, 0.2) is 0 Å². The number of aryl methyl sites for hydroxylation is 1. The first-order valence-electron chi connectivity index (χ1n) is 8.69. The maximum Gasteiger partial charge on any atom is 0.243 e. The highest BCUT2D eigenvalue weighted by atomic mass is 35.5. The quantitative estimate of drug-likeness (QED) is 0.773. The van der Waals surface area contributed by atoms with Crippen LogP contribution in [0.3, 0.4) is 0 Å². The number of amides is 1. The monoisotopic (exact) mass is 369 g/mol. The third-order valence-corrected chi connectivity index (χ3v) is 4.65. The number of benzene rings is 2. The average Bonchev–Trinajstić information content (AvgIpc) is 2.63. The third kappa shape index (κ3) is 5.08. The van der Waals surface area contributed by atoms with E-state index in [1.54, 1.807) is 4.90 Å². The predicted octanol–water partition coefficient (Wildman–Crippen LogP) is 4.63. The molecule has 5 heteroatoms. The molecule has 0 aliphatic rings. The van der Waals surface area contributed by atoms with E-state index in [9.17, 15) is 4.79 Å². The van der Waals surface area contributed by atoms with Crippen molar-refractivity contribution in [3.05, 3.63) is 64.7 Å². The SMILES string of the molecule is Cc1ccc(N(CCC#N)C(=O)C(C)NC(C)c2ccccc2Cl)cc1. The van der Waals surface area contributed by atoms with Crippen LogP contribution in [-0.4, -0.2) is 18.5 Å². The van der Waals surface area contributed by atoms with E-state index in [4.69, 9.17) is 16.9 Å². The molecule has 0 saturated carbocycles. The van der Waals surface area contributed by atoms with Crippen LogP contribution < -0.4 is 10.2 Å². The number of halogens is 1. The van der Waals surface area contributed by atoms with Crippen molar-refractivity contribution < 1.29 is 4.79 Å². The Bertz CT molecular complexity index is 783. The van der Waals surface area contributed by atoms with Gasteiger partial charge < -0.3 is 4.90 Å². The number of anilines is 1. The molecule has 0 saturated heterocycles. The van der Waals surface area contributed by atoms with Crippen molar-refractivity contribution >= 4 is 23.2 Å². The maximum atomic E-state index is 13.0. The van der Waals surface area contributed by atoms with Gasteiger partial charge in [-0.25, -0.2) is 0 Å². The van der Waals surface area contributed by atoms with Crippen molar-refractivity contribution in [1.82, 2.24) is 5.32 Å². The number of nitrogens with one attached hydrogen (secondary N) is 1. The summed E-state index contributed by atoms with van der Waals surface area (Å²) in [6.45, 7) is 6.19. The molecule has 2 atom stereocenters. The molecule has 0 fully saturated rings. The lowest BCUT2D eigenvalue weighted by Crippen LogP contribution is -2.46. The second-order valence-corrected chi connectivity index (χ2v) is 6.77. The van der Waals surface area contributed by atoms with E-state index in [2.05, 4.69) is 11.4 Å². The normalized spacial score (nSPS) is 12.9. The van der Waals surface area contributed by atoms with E-state index in [0.717, 1.165) is 16.8 Å². The van der Waals surface area contributed by atoms with Gasteiger partial charge in [-0.3, -0.25) is 10.1 Å². The van der Waals surface area contributed by atoms with Crippen molar-refractivity contribution in [1.29, 1.82) is 5.26 Å². The van der Waals surface area contributed by atoms with Crippen LogP contribution in [0, 0.1) is 18.3 Å². The number of hydrogen-bond donors (Lipinski definition) is 1. The van der Waals surface area contributed by atoms with Gasteiger partial charge in [-0.05, 0) is 44.5 Å². The number of carbonyl (C=O) groups is 1. The average molecular weight is 370 g/mol. The summed E-state index contributed by atoms with van der Waals surface area (Å²) in [6, 6.07) is 17.0. The van der Waals surface area contributed by atoms with Gasteiger partial charge in [-0.15, -0.1) is 0 Å². The molecule has 2 aromatic carbocycles. The van der Waals surface area contributed by atoms with Gasteiger partial charge >= 0.3 is 0 Å². The van der Waals surface area contributed by atoms with Gasteiger partial charge in [-0.2, -0.15) is 5.26 Å². The van der Waals surface area contributed by atoms with Crippen LogP contribution >= 0.6 is 11.6 Å². The number of nitriles is 1. The number of carbonyl (C=O) groups excluding carboxylic acids is 1. The molecule has 26 heavy (non-hydrogen) atoms. The standard InChI is InChI=1S/C21H24ClN3O/c1-15-9-11-18(12-10-15)25(14-6-13-23)21(26)17(3)24-16(2)19-7-4-5-8-20(19)22/h4-5,7-12,16-17,24H,6,14H2,1-3H3. The summed E-state index contributed by atoms with van der Waals surface area (Å²) < 4.78 is 0.